The highest BCUT2D eigenvalue weighted by Crippen LogP contribution is 2.02. The smallest absolute Gasteiger partial charge is 0.0627 e. The highest BCUT2D eigenvalue weighted by molar-refractivity contribution is 5.08. The molecule has 1 aromatic rings. The maximum absolute atomic E-state index is 5.39. The Kier molecular flexibility index (Phi) is 2.65. The number of nitrogens with zero attached hydrogens (tertiary/aromatic N) is 2. The second kappa shape index (κ2) is 3.53. The molecule has 1 rings (SSSR count). The molecule has 0 spiro atoms. The van der Waals surface area contributed by atoms with Gasteiger partial charge in [-0.25, -0.2) is 0 Å². The van der Waals surface area contributed by atoms with E-state index in [9.17, 15) is 0 Å². The van der Waals surface area contributed by atoms with Crippen molar-refractivity contribution in [1.82, 2.24) is 9.78 Å². The molecule has 0 aliphatic carbocycles. The molecule has 1 heterocycles. The molecule has 0 aromatic carbocycles. The largest absolute Gasteiger partial charge is 0.330 e. The average molecular weight is 153 g/mol. The molecule has 62 valence electrons. The molecule has 0 atom stereocenters. The van der Waals surface area contributed by atoms with Gasteiger partial charge in [-0.3, -0.25) is 4.68 Å². The van der Waals surface area contributed by atoms with Crippen LogP contribution in [0.3, 0.4) is 0 Å². The summed E-state index contributed by atoms with van der Waals surface area (Å²) in [5, 5.41) is 4.31. The van der Waals surface area contributed by atoms with E-state index >= 15 is 0 Å². The Morgan fingerprint density at radius 3 is 2.82 bits per heavy atom. The lowest BCUT2D eigenvalue weighted by molar-refractivity contribution is 0.707. The van der Waals surface area contributed by atoms with Gasteiger partial charge in [-0.15, -0.1) is 0 Å². The average Bonchev–Trinajstić information content (AvgIpc) is 2.28. The molecule has 0 aliphatic rings. The molecule has 0 unspecified atom stereocenters. The van der Waals surface area contributed by atoms with Crippen LogP contribution in [0.1, 0.15) is 17.8 Å². The van der Waals surface area contributed by atoms with Crippen LogP contribution in [0, 0.1) is 6.92 Å². The van der Waals surface area contributed by atoms with Crippen molar-refractivity contribution in [1.29, 1.82) is 0 Å². The SMILES string of the molecule is Cc1cc(CCCN)nn1C. The Balaban J connectivity index is 2.58. The summed E-state index contributed by atoms with van der Waals surface area (Å²) >= 11 is 0. The van der Waals surface area contributed by atoms with Gasteiger partial charge in [-0.1, -0.05) is 0 Å². The van der Waals surface area contributed by atoms with Crippen LogP contribution in [-0.4, -0.2) is 16.3 Å². The Labute approximate surface area is 67.2 Å². The van der Waals surface area contributed by atoms with E-state index in [1.54, 1.807) is 0 Å². The van der Waals surface area contributed by atoms with Gasteiger partial charge in [0, 0.05) is 12.7 Å². The molecule has 0 saturated carbocycles. The molecule has 0 saturated heterocycles. The summed E-state index contributed by atoms with van der Waals surface area (Å²) in [7, 11) is 1.96. The summed E-state index contributed by atoms with van der Waals surface area (Å²) in [6, 6.07) is 2.11. The van der Waals surface area contributed by atoms with Gasteiger partial charge in [-0.05, 0) is 32.4 Å². The Morgan fingerprint density at radius 1 is 1.64 bits per heavy atom. The van der Waals surface area contributed by atoms with Crippen LogP contribution < -0.4 is 5.73 Å². The third-order valence-electron chi connectivity index (χ3n) is 1.80. The van der Waals surface area contributed by atoms with E-state index < -0.39 is 0 Å². The van der Waals surface area contributed by atoms with E-state index in [4.69, 9.17) is 5.73 Å². The van der Waals surface area contributed by atoms with Gasteiger partial charge in [-0.2, -0.15) is 5.10 Å². The molecular weight excluding hydrogens is 138 g/mol. The van der Waals surface area contributed by atoms with E-state index in [1.165, 1.54) is 5.69 Å². The number of rotatable bonds is 3. The molecule has 11 heavy (non-hydrogen) atoms. The van der Waals surface area contributed by atoms with Crippen molar-refractivity contribution in [3.63, 3.8) is 0 Å². The van der Waals surface area contributed by atoms with Crippen molar-refractivity contribution in [2.24, 2.45) is 12.8 Å². The molecule has 2 N–H and O–H groups in total. The lowest BCUT2D eigenvalue weighted by Gasteiger charge is -1.91. The summed E-state index contributed by atoms with van der Waals surface area (Å²) in [6.07, 6.45) is 2.02. The third kappa shape index (κ3) is 2.05. The van der Waals surface area contributed by atoms with Gasteiger partial charge in [0.25, 0.3) is 0 Å². The standard InChI is InChI=1S/C8H15N3/c1-7-6-8(4-3-5-9)10-11(7)2/h6H,3-5,9H2,1-2H3. The first-order valence-corrected chi connectivity index (χ1v) is 3.93. The Morgan fingerprint density at radius 2 is 2.36 bits per heavy atom. The molecular formula is C8H15N3. The minimum absolute atomic E-state index is 0.746. The lowest BCUT2D eigenvalue weighted by Crippen LogP contribution is -2.01. The van der Waals surface area contributed by atoms with Crippen molar-refractivity contribution in [2.75, 3.05) is 6.54 Å². The number of aryl methyl sites for hydroxylation is 3. The fourth-order valence-electron chi connectivity index (χ4n) is 1.04. The lowest BCUT2D eigenvalue weighted by atomic mass is 10.2. The fourth-order valence-corrected chi connectivity index (χ4v) is 1.04. The van der Waals surface area contributed by atoms with Crippen molar-refractivity contribution in [2.45, 2.75) is 19.8 Å². The minimum atomic E-state index is 0.746. The predicted molar refractivity (Wildman–Crippen MR) is 45.3 cm³/mol. The van der Waals surface area contributed by atoms with Gasteiger partial charge in [0.2, 0.25) is 0 Å². The number of hydrogen-bond donors (Lipinski definition) is 1. The first kappa shape index (κ1) is 8.27. The highest BCUT2D eigenvalue weighted by Gasteiger charge is 1.98. The summed E-state index contributed by atoms with van der Waals surface area (Å²) in [5.74, 6) is 0. The zero-order valence-electron chi connectivity index (χ0n) is 7.17. The molecule has 3 heteroatoms. The van der Waals surface area contributed by atoms with Crippen LogP contribution in [0.4, 0.5) is 0 Å². The maximum Gasteiger partial charge on any atom is 0.0627 e. The van der Waals surface area contributed by atoms with E-state index in [-0.39, 0.29) is 0 Å². The predicted octanol–water partition coefficient (Wildman–Crippen LogP) is 0.620. The number of hydrogen-bond acceptors (Lipinski definition) is 2. The Hall–Kier alpha value is -0.830. The van der Waals surface area contributed by atoms with E-state index in [0.29, 0.717) is 0 Å². The zero-order valence-corrected chi connectivity index (χ0v) is 7.17. The normalized spacial score (nSPS) is 10.5. The van der Waals surface area contributed by atoms with Gasteiger partial charge < -0.3 is 5.73 Å². The van der Waals surface area contributed by atoms with Gasteiger partial charge in [0.15, 0.2) is 0 Å². The van der Waals surface area contributed by atoms with Crippen LogP contribution >= 0.6 is 0 Å². The molecule has 0 aliphatic heterocycles. The van der Waals surface area contributed by atoms with Crippen LogP contribution in [0.5, 0.6) is 0 Å². The van der Waals surface area contributed by atoms with Gasteiger partial charge in [0.05, 0.1) is 5.69 Å². The van der Waals surface area contributed by atoms with E-state index in [2.05, 4.69) is 18.1 Å². The first-order valence-electron chi connectivity index (χ1n) is 3.93. The quantitative estimate of drug-likeness (QED) is 0.691. The van der Waals surface area contributed by atoms with Crippen molar-refractivity contribution < 1.29 is 0 Å². The first-order chi connectivity index (χ1) is 5.24. The van der Waals surface area contributed by atoms with Crippen LogP contribution in [0.15, 0.2) is 6.07 Å². The second-order valence-electron chi connectivity index (χ2n) is 2.79. The molecule has 0 radical (unpaired) electrons. The number of aromatic nitrogens is 2. The molecule has 0 bridgehead atoms. The van der Waals surface area contributed by atoms with Crippen molar-refractivity contribution >= 4 is 0 Å². The maximum atomic E-state index is 5.39. The van der Waals surface area contributed by atoms with E-state index in [0.717, 1.165) is 25.1 Å². The molecule has 3 nitrogen and oxygen atoms in total. The summed E-state index contributed by atoms with van der Waals surface area (Å²) in [5.41, 5.74) is 7.74. The topological polar surface area (TPSA) is 43.8 Å². The van der Waals surface area contributed by atoms with Crippen LogP contribution in [-0.2, 0) is 13.5 Å². The molecule has 0 amide bonds. The zero-order chi connectivity index (χ0) is 8.27. The second-order valence-corrected chi connectivity index (χ2v) is 2.79. The van der Waals surface area contributed by atoms with Crippen molar-refractivity contribution in [3.05, 3.63) is 17.5 Å². The van der Waals surface area contributed by atoms with Crippen molar-refractivity contribution in [3.8, 4) is 0 Å². The minimum Gasteiger partial charge on any atom is -0.330 e. The number of nitrogens with two attached hydrogens (primary N) is 1. The van der Waals surface area contributed by atoms with Gasteiger partial charge >= 0.3 is 0 Å². The summed E-state index contributed by atoms with van der Waals surface area (Å²) in [4.78, 5) is 0. The van der Waals surface area contributed by atoms with Crippen LogP contribution in [0.25, 0.3) is 0 Å². The Bertz CT molecular complexity index is 208. The fraction of sp³-hybridized carbons (Fsp3) is 0.625. The third-order valence-corrected chi connectivity index (χ3v) is 1.80. The molecule has 0 fully saturated rings. The summed E-state index contributed by atoms with van der Waals surface area (Å²) in [6.45, 7) is 2.80. The van der Waals surface area contributed by atoms with Crippen LogP contribution in [0.2, 0.25) is 0 Å². The highest BCUT2D eigenvalue weighted by atomic mass is 15.3. The summed E-state index contributed by atoms with van der Waals surface area (Å²) < 4.78 is 1.89. The molecule has 1 aromatic heterocycles. The van der Waals surface area contributed by atoms with E-state index in [1.807, 2.05) is 11.7 Å². The van der Waals surface area contributed by atoms with Gasteiger partial charge in [0.1, 0.15) is 0 Å². The monoisotopic (exact) mass is 153 g/mol.